The lowest BCUT2D eigenvalue weighted by molar-refractivity contribution is -0.158. The topological polar surface area (TPSA) is 125 Å². The summed E-state index contributed by atoms with van der Waals surface area (Å²) in [7, 11) is 1.13. The van der Waals surface area contributed by atoms with Crippen LogP contribution in [-0.4, -0.2) is 54.5 Å². The summed E-state index contributed by atoms with van der Waals surface area (Å²) < 4.78 is 9.82. The Balaban J connectivity index is 5.41. The SMILES string of the molecule is CCCCOC(=O)[C@H](CC(=O)SCC)[C@H](NC(=O)[C@H](C)N)C(=O)OC. The number of hydrogen-bond donors (Lipinski definition) is 2. The fourth-order valence-electron chi connectivity index (χ4n) is 1.90. The van der Waals surface area contributed by atoms with Crippen LogP contribution in [0.5, 0.6) is 0 Å². The fraction of sp³-hybridized carbons (Fsp3) is 0.750. The van der Waals surface area contributed by atoms with Crippen LogP contribution >= 0.6 is 11.8 Å². The molecule has 0 unspecified atom stereocenters. The first-order valence-electron chi connectivity index (χ1n) is 8.24. The van der Waals surface area contributed by atoms with Crippen LogP contribution in [0.15, 0.2) is 0 Å². The second-order valence-corrected chi connectivity index (χ2v) is 6.76. The van der Waals surface area contributed by atoms with Crippen molar-refractivity contribution in [2.45, 2.75) is 52.1 Å². The molecule has 144 valence electrons. The summed E-state index contributed by atoms with van der Waals surface area (Å²) in [5.41, 5.74) is 5.50. The molecule has 3 N–H and O–H groups in total. The smallest absolute Gasteiger partial charge is 0.329 e. The lowest BCUT2D eigenvalue weighted by Crippen LogP contribution is -2.53. The Hall–Kier alpha value is -1.61. The molecule has 0 aliphatic rings. The van der Waals surface area contributed by atoms with Crippen molar-refractivity contribution in [1.82, 2.24) is 5.32 Å². The number of nitrogens with one attached hydrogen (secondary N) is 1. The summed E-state index contributed by atoms with van der Waals surface area (Å²) in [5.74, 6) is -2.82. The van der Waals surface area contributed by atoms with Gasteiger partial charge in [-0.15, -0.1) is 0 Å². The fourth-order valence-corrected chi connectivity index (χ4v) is 2.52. The largest absolute Gasteiger partial charge is 0.467 e. The van der Waals surface area contributed by atoms with E-state index in [4.69, 9.17) is 10.5 Å². The zero-order chi connectivity index (χ0) is 19.4. The van der Waals surface area contributed by atoms with Crippen molar-refractivity contribution in [2.75, 3.05) is 19.5 Å². The van der Waals surface area contributed by atoms with Crippen molar-refractivity contribution in [1.29, 1.82) is 0 Å². The van der Waals surface area contributed by atoms with Gasteiger partial charge in [0.15, 0.2) is 5.12 Å². The first-order valence-corrected chi connectivity index (χ1v) is 9.22. The van der Waals surface area contributed by atoms with Crippen LogP contribution in [0.25, 0.3) is 0 Å². The quantitative estimate of drug-likeness (QED) is 0.397. The Labute approximate surface area is 152 Å². The van der Waals surface area contributed by atoms with Crippen molar-refractivity contribution in [3.8, 4) is 0 Å². The molecule has 9 heteroatoms. The number of unbranched alkanes of at least 4 members (excludes halogenated alkanes) is 1. The number of rotatable bonds is 11. The molecule has 3 atom stereocenters. The second-order valence-electron chi connectivity index (χ2n) is 5.43. The van der Waals surface area contributed by atoms with Crippen LogP contribution in [0.3, 0.4) is 0 Å². The summed E-state index contributed by atoms with van der Waals surface area (Å²) in [4.78, 5) is 48.4. The van der Waals surface area contributed by atoms with Crippen molar-refractivity contribution in [3.63, 3.8) is 0 Å². The molecule has 1 amide bonds. The van der Waals surface area contributed by atoms with Gasteiger partial charge in [0.05, 0.1) is 25.7 Å². The highest BCUT2D eigenvalue weighted by molar-refractivity contribution is 8.13. The van der Waals surface area contributed by atoms with E-state index in [1.165, 1.54) is 6.92 Å². The molecule has 0 fully saturated rings. The lowest BCUT2D eigenvalue weighted by atomic mass is 9.96. The highest BCUT2D eigenvalue weighted by Gasteiger charge is 2.38. The minimum Gasteiger partial charge on any atom is -0.467 e. The van der Waals surface area contributed by atoms with E-state index >= 15 is 0 Å². The number of carbonyl (C=O) groups is 4. The van der Waals surface area contributed by atoms with Gasteiger partial charge in [0.25, 0.3) is 0 Å². The van der Waals surface area contributed by atoms with Gasteiger partial charge in [-0.25, -0.2) is 4.79 Å². The number of methoxy groups -OCH3 is 1. The van der Waals surface area contributed by atoms with E-state index in [1.807, 2.05) is 6.92 Å². The summed E-state index contributed by atoms with van der Waals surface area (Å²) in [5, 5.41) is 2.11. The number of hydrogen-bond acceptors (Lipinski definition) is 8. The van der Waals surface area contributed by atoms with Crippen LogP contribution < -0.4 is 11.1 Å². The number of thioether (sulfide) groups is 1. The molecule has 0 saturated carbocycles. The van der Waals surface area contributed by atoms with E-state index < -0.39 is 35.8 Å². The van der Waals surface area contributed by atoms with E-state index in [1.54, 1.807) is 6.92 Å². The van der Waals surface area contributed by atoms with Crippen LogP contribution in [0.4, 0.5) is 0 Å². The maximum absolute atomic E-state index is 12.4. The molecule has 0 aromatic heterocycles. The van der Waals surface area contributed by atoms with Crippen molar-refractivity contribution in [3.05, 3.63) is 0 Å². The van der Waals surface area contributed by atoms with Gasteiger partial charge in [0.2, 0.25) is 5.91 Å². The lowest BCUT2D eigenvalue weighted by Gasteiger charge is -2.25. The number of ether oxygens (including phenoxy) is 2. The molecule has 0 aliphatic heterocycles. The molecule has 0 aromatic carbocycles. The first-order chi connectivity index (χ1) is 11.8. The predicted octanol–water partition coefficient (Wildman–Crippen LogP) is 0.621. The van der Waals surface area contributed by atoms with Crippen molar-refractivity contribution in [2.24, 2.45) is 11.7 Å². The third-order valence-corrected chi connectivity index (χ3v) is 4.08. The van der Waals surface area contributed by atoms with Gasteiger partial charge in [0, 0.05) is 6.42 Å². The average Bonchev–Trinajstić information content (AvgIpc) is 2.57. The maximum atomic E-state index is 12.4. The van der Waals surface area contributed by atoms with Crippen molar-refractivity contribution < 1.29 is 28.7 Å². The van der Waals surface area contributed by atoms with Crippen LogP contribution in [-0.2, 0) is 28.7 Å². The summed E-state index contributed by atoms with van der Waals surface area (Å²) in [6, 6.07) is -2.22. The van der Waals surface area contributed by atoms with E-state index in [0.717, 1.165) is 25.3 Å². The monoisotopic (exact) mass is 376 g/mol. The molecule has 0 saturated heterocycles. The number of nitrogens with two attached hydrogens (primary N) is 1. The Bertz CT molecular complexity index is 470. The normalized spacial score (nSPS) is 14.1. The first kappa shape index (κ1) is 23.4. The molecule has 25 heavy (non-hydrogen) atoms. The molecule has 0 spiro atoms. The van der Waals surface area contributed by atoms with Gasteiger partial charge in [-0.1, -0.05) is 32.0 Å². The maximum Gasteiger partial charge on any atom is 0.329 e. The van der Waals surface area contributed by atoms with E-state index in [0.29, 0.717) is 12.2 Å². The van der Waals surface area contributed by atoms with Gasteiger partial charge in [-0.3, -0.25) is 14.4 Å². The zero-order valence-electron chi connectivity index (χ0n) is 15.2. The molecular formula is C16H28N2O6S. The molecule has 0 rings (SSSR count). The zero-order valence-corrected chi connectivity index (χ0v) is 16.0. The third-order valence-electron chi connectivity index (χ3n) is 3.31. The van der Waals surface area contributed by atoms with Gasteiger partial charge >= 0.3 is 11.9 Å². The van der Waals surface area contributed by atoms with Gasteiger partial charge < -0.3 is 20.5 Å². The highest BCUT2D eigenvalue weighted by atomic mass is 32.2. The summed E-state index contributed by atoms with van der Waals surface area (Å²) in [6.07, 6.45) is 1.23. The van der Waals surface area contributed by atoms with Crippen LogP contribution in [0.1, 0.15) is 40.0 Å². The minimum atomic E-state index is -1.33. The molecular weight excluding hydrogens is 348 g/mol. The number of esters is 2. The van der Waals surface area contributed by atoms with Crippen LogP contribution in [0.2, 0.25) is 0 Å². The summed E-state index contributed by atoms with van der Waals surface area (Å²) >= 11 is 1.03. The molecule has 0 radical (unpaired) electrons. The second kappa shape index (κ2) is 12.7. The van der Waals surface area contributed by atoms with Gasteiger partial charge in [-0.05, 0) is 19.1 Å². The predicted molar refractivity (Wildman–Crippen MR) is 94.7 cm³/mol. The Morgan fingerprint density at radius 1 is 1.16 bits per heavy atom. The molecule has 0 aromatic rings. The molecule has 0 heterocycles. The van der Waals surface area contributed by atoms with Gasteiger partial charge in [-0.2, -0.15) is 0 Å². The number of amides is 1. The third kappa shape index (κ3) is 8.87. The summed E-state index contributed by atoms with van der Waals surface area (Å²) in [6.45, 7) is 5.35. The van der Waals surface area contributed by atoms with E-state index in [2.05, 4.69) is 10.1 Å². The van der Waals surface area contributed by atoms with Gasteiger partial charge in [0.1, 0.15) is 6.04 Å². The highest BCUT2D eigenvalue weighted by Crippen LogP contribution is 2.19. The molecule has 0 bridgehead atoms. The number of carbonyl (C=O) groups excluding carboxylic acids is 4. The Morgan fingerprint density at radius 3 is 2.28 bits per heavy atom. The van der Waals surface area contributed by atoms with E-state index in [9.17, 15) is 19.2 Å². The van der Waals surface area contributed by atoms with Crippen molar-refractivity contribution >= 4 is 34.7 Å². The van der Waals surface area contributed by atoms with E-state index in [-0.39, 0.29) is 18.1 Å². The minimum absolute atomic E-state index is 0.177. The Morgan fingerprint density at radius 2 is 1.80 bits per heavy atom. The standard InChI is InChI=1S/C16H28N2O6S/c1-5-7-8-24-15(21)11(9-12(19)25-6-2)13(16(22)23-4)18-14(20)10(3)17/h10-11,13H,5-9,17H2,1-4H3,(H,18,20)/t10-,11+,13-/m0/s1. The molecule has 8 nitrogen and oxygen atoms in total. The van der Waals surface area contributed by atoms with Crippen LogP contribution in [0, 0.1) is 5.92 Å². The average molecular weight is 376 g/mol. The molecule has 0 aliphatic carbocycles. The Kier molecular flexibility index (Phi) is 11.9.